The average Bonchev–Trinajstić information content (AvgIpc) is 3.27. The van der Waals surface area contributed by atoms with Crippen molar-refractivity contribution in [3.05, 3.63) is 0 Å². The second-order valence-electron chi connectivity index (χ2n) is 8.07. The van der Waals surface area contributed by atoms with Crippen molar-refractivity contribution >= 4 is 34.7 Å². The van der Waals surface area contributed by atoms with Crippen molar-refractivity contribution in [3.63, 3.8) is 0 Å². The molecule has 3 aliphatic rings. The zero-order valence-corrected chi connectivity index (χ0v) is 18.0. The van der Waals surface area contributed by atoms with Gasteiger partial charge in [0.2, 0.25) is 11.3 Å². The highest BCUT2D eigenvalue weighted by molar-refractivity contribution is 7.99. The molecule has 0 radical (unpaired) electrons. The van der Waals surface area contributed by atoms with Crippen LogP contribution in [0.4, 0.5) is 11.6 Å². The molecule has 3 fully saturated rings. The molecular formula is C19H30N8OS. The molecule has 0 atom stereocenters. The van der Waals surface area contributed by atoms with Crippen molar-refractivity contribution in [2.24, 2.45) is 0 Å². The first-order valence-corrected chi connectivity index (χ1v) is 12.0. The number of thioether (sulfide) groups is 1. The Labute approximate surface area is 175 Å². The monoisotopic (exact) mass is 418 g/mol. The highest BCUT2D eigenvalue weighted by Gasteiger charge is 2.30. The first kappa shape index (κ1) is 19.3. The van der Waals surface area contributed by atoms with Crippen LogP contribution in [0.15, 0.2) is 4.63 Å². The zero-order valence-electron chi connectivity index (χ0n) is 17.2. The molecule has 5 rings (SSSR count). The molecular weight excluding hydrogens is 388 g/mol. The third kappa shape index (κ3) is 4.02. The fourth-order valence-electron chi connectivity index (χ4n) is 4.71. The molecule has 10 heteroatoms. The van der Waals surface area contributed by atoms with Crippen LogP contribution in [-0.4, -0.2) is 107 Å². The maximum absolute atomic E-state index is 4.89. The van der Waals surface area contributed by atoms with Crippen LogP contribution in [0, 0.1) is 0 Å². The summed E-state index contributed by atoms with van der Waals surface area (Å²) in [5.41, 5.74) is 1.01. The Morgan fingerprint density at radius 2 is 1.41 bits per heavy atom. The summed E-state index contributed by atoms with van der Waals surface area (Å²) in [5.74, 6) is 4.15. The minimum Gasteiger partial charge on any atom is -0.353 e. The number of anilines is 2. The molecule has 3 aliphatic heterocycles. The van der Waals surface area contributed by atoms with Crippen molar-refractivity contribution in [1.29, 1.82) is 0 Å². The highest BCUT2D eigenvalue weighted by atomic mass is 32.2. The van der Waals surface area contributed by atoms with E-state index in [1.54, 1.807) is 0 Å². The van der Waals surface area contributed by atoms with Crippen LogP contribution in [0.3, 0.4) is 0 Å². The van der Waals surface area contributed by atoms with Crippen LogP contribution in [-0.2, 0) is 0 Å². The molecule has 158 valence electrons. The average molecular weight is 419 g/mol. The smallest absolute Gasteiger partial charge is 0.245 e. The van der Waals surface area contributed by atoms with Gasteiger partial charge in [-0.1, -0.05) is 6.92 Å². The Morgan fingerprint density at radius 3 is 2.00 bits per heavy atom. The number of aromatic nitrogens is 4. The van der Waals surface area contributed by atoms with Crippen molar-refractivity contribution in [2.45, 2.75) is 25.8 Å². The SMILES string of the molecule is CCN1CCN(C2CCN(c3nc4nonc4nc3N3CCSCC3)CC2)CC1. The predicted molar refractivity (Wildman–Crippen MR) is 116 cm³/mol. The van der Waals surface area contributed by atoms with Gasteiger partial charge in [0.25, 0.3) is 0 Å². The Morgan fingerprint density at radius 1 is 0.828 bits per heavy atom. The summed E-state index contributed by atoms with van der Waals surface area (Å²) in [6.07, 6.45) is 2.36. The minimum atomic E-state index is 0.505. The second-order valence-corrected chi connectivity index (χ2v) is 9.29. The topological polar surface area (TPSA) is 77.7 Å². The van der Waals surface area contributed by atoms with Crippen LogP contribution < -0.4 is 9.80 Å². The number of nitrogens with zero attached hydrogens (tertiary/aromatic N) is 8. The maximum atomic E-state index is 4.89. The largest absolute Gasteiger partial charge is 0.353 e. The van der Waals surface area contributed by atoms with Crippen LogP contribution in [0.1, 0.15) is 19.8 Å². The van der Waals surface area contributed by atoms with Crippen molar-refractivity contribution in [2.75, 3.05) is 80.2 Å². The quantitative estimate of drug-likeness (QED) is 0.722. The van der Waals surface area contributed by atoms with Crippen LogP contribution >= 0.6 is 11.8 Å². The van der Waals surface area contributed by atoms with Gasteiger partial charge in [-0.3, -0.25) is 4.90 Å². The van der Waals surface area contributed by atoms with E-state index in [-0.39, 0.29) is 0 Å². The lowest BCUT2D eigenvalue weighted by Crippen LogP contribution is -2.53. The van der Waals surface area contributed by atoms with E-state index in [0.717, 1.165) is 49.3 Å². The van der Waals surface area contributed by atoms with E-state index in [1.165, 1.54) is 45.6 Å². The Kier molecular flexibility index (Phi) is 5.74. The van der Waals surface area contributed by atoms with E-state index in [9.17, 15) is 0 Å². The molecule has 9 nitrogen and oxygen atoms in total. The molecule has 0 saturated carbocycles. The molecule has 0 aromatic carbocycles. The molecule has 5 heterocycles. The molecule has 0 amide bonds. The lowest BCUT2D eigenvalue weighted by Gasteiger charge is -2.43. The van der Waals surface area contributed by atoms with Gasteiger partial charge in [-0.05, 0) is 29.7 Å². The van der Waals surface area contributed by atoms with Crippen molar-refractivity contribution in [3.8, 4) is 0 Å². The fraction of sp³-hybridized carbons (Fsp3) is 0.789. The number of piperazine rings is 1. The molecule has 0 aliphatic carbocycles. The van der Waals surface area contributed by atoms with E-state index >= 15 is 0 Å². The first-order chi connectivity index (χ1) is 14.3. The second kappa shape index (κ2) is 8.61. The summed E-state index contributed by atoms with van der Waals surface area (Å²) in [6.45, 7) is 12.3. The molecule has 0 spiro atoms. The number of rotatable bonds is 4. The van der Waals surface area contributed by atoms with Gasteiger partial charge >= 0.3 is 0 Å². The van der Waals surface area contributed by atoms with Gasteiger partial charge in [0.15, 0.2) is 11.6 Å². The van der Waals surface area contributed by atoms with E-state index in [4.69, 9.17) is 14.6 Å². The van der Waals surface area contributed by atoms with E-state index < -0.39 is 0 Å². The van der Waals surface area contributed by atoms with E-state index in [1.807, 2.05) is 11.8 Å². The third-order valence-electron chi connectivity index (χ3n) is 6.52. The lowest BCUT2D eigenvalue weighted by atomic mass is 10.0. The third-order valence-corrected chi connectivity index (χ3v) is 7.47. The molecule has 0 unspecified atom stereocenters. The van der Waals surface area contributed by atoms with Crippen LogP contribution in [0.5, 0.6) is 0 Å². The molecule has 2 aromatic heterocycles. The zero-order chi connectivity index (χ0) is 19.6. The van der Waals surface area contributed by atoms with Crippen molar-refractivity contribution in [1.82, 2.24) is 30.1 Å². The Hall–Kier alpha value is -1.65. The summed E-state index contributed by atoms with van der Waals surface area (Å²) >= 11 is 2.00. The Bertz CT molecular complexity index is 810. The maximum Gasteiger partial charge on any atom is 0.245 e. The van der Waals surface area contributed by atoms with Gasteiger partial charge in [-0.25, -0.2) is 14.6 Å². The molecule has 0 N–H and O–H groups in total. The van der Waals surface area contributed by atoms with Gasteiger partial charge in [0, 0.05) is 69.9 Å². The van der Waals surface area contributed by atoms with Gasteiger partial charge in [0.1, 0.15) is 0 Å². The fourth-order valence-corrected chi connectivity index (χ4v) is 5.61. The predicted octanol–water partition coefficient (Wildman–Crippen LogP) is 1.17. The molecule has 29 heavy (non-hydrogen) atoms. The first-order valence-electron chi connectivity index (χ1n) is 10.9. The van der Waals surface area contributed by atoms with Gasteiger partial charge in [0.05, 0.1) is 0 Å². The van der Waals surface area contributed by atoms with Crippen molar-refractivity contribution < 1.29 is 4.63 Å². The summed E-state index contributed by atoms with van der Waals surface area (Å²) in [5, 5.41) is 7.87. The van der Waals surface area contributed by atoms with Gasteiger partial charge in [-0.2, -0.15) is 11.8 Å². The lowest BCUT2D eigenvalue weighted by molar-refractivity contribution is 0.0878. The summed E-state index contributed by atoms with van der Waals surface area (Å²) < 4.78 is 4.89. The van der Waals surface area contributed by atoms with Crippen LogP contribution in [0.2, 0.25) is 0 Å². The van der Waals surface area contributed by atoms with E-state index in [2.05, 4.69) is 36.8 Å². The summed E-state index contributed by atoms with van der Waals surface area (Å²) in [6, 6.07) is 0.686. The molecule has 2 aromatic rings. The normalized spacial score (nSPS) is 23.2. The summed E-state index contributed by atoms with van der Waals surface area (Å²) in [7, 11) is 0. The number of fused-ring (bicyclic) bond motifs is 1. The minimum absolute atomic E-state index is 0.505. The number of hydrogen-bond donors (Lipinski definition) is 0. The highest BCUT2D eigenvalue weighted by Crippen LogP contribution is 2.31. The van der Waals surface area contributed by atoms with E-state index in [0.29, 0.717) is 17.3 Å². The number of likely N-dealkylation sites (N-methyl/N-ethyl adjacent to an activating group) is 1. The van der Waals surface area contributed by atoms with Crippen LogP contribution in [0.25, 0.3) is 11.3 Å². The number of piperidine rings is 1. The summed E-state index contributed by atoms with van der Waals surface area (Å²) in [4.78, 5) is 19.6. The molecule has 0 bridgehead atoms. The van der Waals surface area contributed by atoms with Gasteiger partial charge < -0.3 is 14.7 Å². The number of hydrogen-bond acceptors (Lipinski definition) is 10. The van der Waals surface area contributed by atoms with Gasteiger partial charge in [-0.15, -0.1) is 0 Å². The Balaban J connectivity index is 1.31. The standard InChI is InChI=1S/C19H30N8OS/c1-2-24-7-9-25(10-8-24)15-3-5-26(6-4-15)18-19(27-11-13-29-14-12-27)21-17-16(20-18)22-28-23-17/h15H,2-14H2,1H3. The molecule has 3 saturated heterocycles.